The lowest BCUT2D eigenvalue weighted by Crippen LogP contribution is -2.50. The predicted octanol–water partition coefficient (Wildman–Crippen LogP) is 4.28. The van der Waals surface area contributed by atoms with Crippen LogP contribution in [0.2, 0.25) is 0 Å². The monoisotopic (exact) mass is 475 g/mol. The predicted molar refractivity (Wildman–Crippen MR) is 118 cm³/mol. The fourth-order valence-corrected chi connectivity index (χ4v) is 6.87. The van der Waals surface area contributed by atoms with Crippen molar-refractivity contribution >= 4 is 39.1 Å². The van der Waals surface area contributed by atoms with Gasteiger partial charge >= 0.3 is 0 Å². The number of benzene rings is 3. The van der Waals surface area contributed by atoms with Crippen LogP contribution in [0.3, 0.4) is 0 Å². The molecule has 2 atom stereocenters. The van der Waals surface area contributed by atoms with E-state index in [2.05, 4.69) is 15.9 Å². The van der Waals surface area contributed by atoms with Crippen molar-refractivity contribution in [3.8, 4) is 0 Å². The quantitative estimate of drug-likeness (QED) is 0.339. The van der Waals surface area contributed by atoms with E-state index >= 15 is 0 Å². The minimum absolute atomic E-state index is 0.0251. The average molecular weight is 476 g/mol. The summed E-state index contributed by atoms with van der Waals surface area (Å²) in [6.07, 6.45) is 0. The highest BCUT2D eigenvalue weighted by molar-refractivity contribution is 9.09. The lowest BCUT2D eigenvalue weighted by molar-refractivity contribution is -0.122. The van der Waals surface area contributed by atoms with Crippen molar-refractivity contribution < 1.29 is 14.8 Å². The Kier molecular flexibility index (Phi) is 3.78. The standard InChI is InChI=1S/C24H16BrN2O4/c25-24-17-7-3-1-5-15(17)19(16-6-2-4-8-18(16)24)20-21(24)23(29)26(22(20)28)13-9-11-14(12-10-13)27(30)31/h1-12,19-21,30H/q-1/t19?,20-,21+,24?/m1/s1. The molecule has 4 aliphatic rings. The molecule has 3 aliphatic carbocycles. The summed E-state index contributed by atoms with van der Waals surface area (Å²) < 4.78 is -0.794. The van der Waals surface area contributed by atoms with Crippen LogP contribution in [0.5, 0.6) is 0 Å². The molecule has 0 spiro atoms. The van der Waals surface area contributed by atoms with Gasteiger partial charge in [0.2, 0.25) is 11.8 Å². The van der Waals surface area contributed by atoms with Gasteiger partial charge in [0.25, 0.3) is 0 Å². The van der Waals surface area contributed by atoms with Gasteiger partial charge in [-0.2, -0.15) is 0 Å². The van der Waals surface area contributed by atoms with Crippen LogP contribution >= 0.6 is 15.9 Å². The molecule has 1 fully saturated rings. The van der Waals surface area contributed by atoms with Crippen LogP contribution in [0.4, 0.5) is 11.4 Å². The molecule has 0 radical (unpaired) electrons. The third kappa shape index (κ3) is 2.23. The van der Waals surface area contributed by atoms with Gasteiger partial charge in [-0.1, -0.05) is 64.5 Å². The van der Waals surface area contributed by atoms with Crippen molar-refractivity contribution in [3.63, 3.8) is 0 Å². The molecule has 1 heterocycles. The largest absolute Gasteiger partial charge is 0.733 e. The molecule has 7 heteroatoms. The fourth-order valence-electron chi connectivity index (χ4n) is 5.66. The van der Waals surface area contributed by atoms with Crippen molar-refractivity contribution in [2.75, 3.05) is 10.1 Å². The maximum Gasteiger partial charge on any atom is 0.239 e. The smallest absolute Gasteiger partial charge is 0.239 e. The Bertz CT molecular complexity index is 1210. The van der Waals surface area contributed by atoms with E-state index in [0.29, 0.717) is 5.69 Å². The lowest BCUT2D eigenvalue weighted by Gasteiger charge is -2.51. The van der Waals surface area contributed by atoms with E-state index in [1.54, 1.807) is 0 Å². The zero-order chi connectivity index (χ0) is 21.5. The van der Waals surface area contributed by atoms with Crippen LogP contribution in [-0.4, -0.2) is 17.0 Å². The van der Waals surface area contributed by atoms with Crippen molar-refractivity contribution in [3.05, 3.63) is 100 Å². The highest BCUT2D eigenvalue weighted by Crippen LogP contribution is 2.66. The maximum atomic E-state index is 13.7. The fraction of sp³-hybridized carbons (Fsp3) is 0.167. The van der Waals surface area contributed by atoms with E-state index in [1.165, 1.54) is 29.2 Å². The molecule has 0 aromatic heterocycles. The molecule has 3 aromatic carbocycles. The summed E-state index contributed by atoms with van der Waals surface area (Å²) in [6.45, 7) is 0. The number of carbonyl (C=O) groups excluding carboxylic acids is 2. The zero-order valence-corrected chi connectivity index (χ0v) is 17.7. The van der Waals surface area contributed by atoms with Crippen LogP contribution in [-0.2, 0) is 13.9 Å². The van der Waals surface area contributed by atoms with E-state index in [1.807, 2.05) is 48.5 Å². The van der Waals surface area contributed by atoms with E-state index < -0.39 is 16.2 Å². The highest BCUT2D eigenvalue weighted by atomic mass is 79.9. The van der Waals surface area contributed by atoms with Gasteiger partial charge in [0.1, 0.15) is 0 Å². The van der Waals surface area contributed by atoms with Gasteiger partial charge < -0.3 is 10.4 Å². The number of amides is 2. The molecular weight excluding hydrogens is 460 g/mol. The Morgan fingerprint density at radius 1 is 0.871 bits per heavy atom. The van der Waals surface area contributed by atoms with Gasteiger partial charge in [0.05, 0.1) is 27.5 Å². The van der Waals surface area contributed by atoms with Crippen molar-refractivity contribution in [1.82, 2.24) is 0 Å². The van der Waals surface area contributed by atoms with Crippen molar-refractivity contribution in [2.24, 2.45) is 11.8 Å². The Balaban J connectivity index is 1.55. The summed E-state index contributed by atoms with van der Waals surface area (Å²) in [4.78, 5) is 28.7. The molecule has 6 nitrogen and oxygen atoms in total. The summed E-state index contributed by atoms with van der Waals surface area (Å²) in [7, 11) is 0. The molecule has 1 N–H and O–H groups in total. The summed E-state index contributed by atoms with van der Waals surface area (Å²) in [5, 5.41) is 20.0. The van der Waals surface area contributed by atoms with E-state index in [9.17, 15) is 14.8 Å². The van der Waals surface area contributed by atoms with Gasteiger partial charge in [-0.15, -0.1) is 0 Å². The Labute approximate surface area is 186 Å². The van der Waals surface area contributed by atoms with Gasteiger partial charge in [-0.3, -0.25) is 14.8 Å². The van der Waals surface area contributed by atoms with Crippen LogP contribution in [0.15, 0.2) is 72.8 Å². The number of hydrogen-bond acceptors (Lipinski definition) is 5. The first-order valence-corrected chi connectivity index (χ1v) is 10.8. The minimum atomic E-state index is -0.794. The molecule has 0 unspecified atom stereocenters. The number of halogens is 1. The number of alkyl halides is 1. The zero-order valence-electron chi connectivity index (χ0n) is 16.1. The molecule has 0 saturated carbocycles. The first kappa shape index (κ1) is 18.7. The number of nitrogens with zero attached hydrogens (tertiary/aromatic N) is 2. The van der Waals surface area contributed by atoms with Gasteiger partial charge in [0.15, 0.2) is 0 Å². The first-order valence-electron chi connectivity index (χ1n) is 9.96. The number of rotatable bonds is 2. The molecule has 3 aromatic rings. The Morgan fingerprint density at radius 3 is 1.97 bits per heavy atom. The number of anilines is 2. The Morgan fingerprint density at radius 2 is 1.42 bits per heavy atom. The number of hydrogen-bond donors (Lipinski definition) is 1. The third-order valence-corrected chi connectivity index (χ3v) is 8.19. The Hall–Kier alpha value is -3.00. The summed E-state index contributed by atoms with van der Waals surface area (Å²) in [6, 6.07) is 21.8. The summed E-state index contributed by atoms with van der Waals surface area (Å²) in [5.74, 6) is -1.82. The third-order valence-electron chi connectivity index (χ3n) is 6.84. The highest BCUT2D eigenvalue weighted by Gasteiger charge is 2.67. The second kappa shape index (κ2) is 6.26. The molecular formula is C24H16BrN2O4-. The van der Waals surface area contributed by atoms with Gasteiger partial charge in [0, 0.05) is 5.92 Å². The van der Waals surface area contributed by atoms with Crippen LogP contribution < -0.4 is 10.1 Å². The normalized spacial score (nSPS) is 27.7. The number of imide groups is 1. The van der Waals surface area contributed by atoms with Crippen molar-refractivity contribution in [1.29, 1.82) is 0 Å². The molecule has 154 valence electrons. The number of carbonyl (C=O) groups is 2. The molecule has 2 bridgehead atoms. The van der Waals surface area contributed by atoms with Gasteiger partial charge in [-0.05, 0) is 46.5 Å². The van der Waals surface area contributed by atoms with E-state index in [-0.39, 0.29) is 28.6 Å². The van der Waals surface area contributed by atoms with E-state index in [4.69, 9.17) is 5.21 Å². The molecule has 31 heavy (non-hydrogen) atoms. The first-order chi connectivity index (χ1) is 14.9. The minimum Gasteiger partial charge on any atom is -0.733 e. The van der Waals surface area contributed by atoms with Crippen molar-refractivity contribution in [2.45, 2.75) is 10.2 Å². The summed E-state index contributed by atoms with van der Waals surface area (Å²) >= 11 is 3.96. The second-order valence-corrected chi connectivity index (χ2v) is 9.42. The van der Waals surface area contributed by atoms with Crippen LogP contribution in [0.25, 0.3) is 0 Å². The SMILES string of the molecule is O=C1[C@@H]2C3c4ccccc4C(Br)(c4ccccc43)[C@@H]2C(=O)N1c1ccc(N([O-])O)cc1. The molecule has 1 aliphatic heterocycles. The van der Waals surface area contributed by atoms with E-state index in [0.717, 1.165) is 22.3 Å². The average Bonchev–Trinajstić information content (AvgIpc) is 3.06. The molecule has 7 rings (SSSR count). The maximum absolute atomic E-state index is 13.7. The second-order valence-electron chi connectivity index (χ2n) is 8.17. The van der Waals surface area contributed by atoms with Crippen LogP contribution in [0, 0.1) is 17.0 Å². The van der Waals surface area contributed by atoms with Gasteiger partial charge in [-0.25, -0.2) is 4.90 Å². The molecule has 1 saturated heterocycles. The molecule has 2 amide bonds. The summed E-state index contributed by atoms with van der Waals surface area (Å²) in [5.41, 5.74) is 4.61. The topological polar surface area (TPSA) is 83.9 Å². The lowest BCUT2D eigenvalue weighted by atomic mass is 9.55. The van der Waals surface area contributed by atoms with Crippen LogP contribution in [0.1, 0.15) is 28.2 Å².